The van der Waals surface area contributed by atoms with E-state index in [1.54, 1.807) is 25.1 Å². The van der Waals surface area contributed by atoms with Crippen LogP contribution in [-0.2, 0) is 4.79 Å². The standard InChI is InChI=1S/C20H24N2O3/c1-13-9-14(2)19(22-18(24)12-21-11-15(3)23)17(10-13)20(25)16-7-5-4-6-8-16/h4-10,15,21,23H,11-12H2,1-3H3,(H,22,24). The predicted molar refractivity (Wildman–Crippen MR) is 99.0 cm³/mol. The first kappa shape index (κ1) is 18.8. The van der Waals surface area contributed by atoms with Gasteiger partial charge < -0.3 is 15.7 Å². The predicted octanol–water partition coefficient (Wildman–Crippen LogP) is 2.44. The maximum atomic E-state index is 12.9. The van der Waals surface area contributed by atoms with Gasteiger partial charge in [0, 0.05) is 17.7 Å². The second kappa shape index (κ2) is 8.55. The molecule has 1 unspecified atom stereocenters. The molecule has 2 rings (SSSR count). The molecule has 1 atom stereocenters. The summed E-state index contributed by atoms with van der Waals surface area (Å²) in [7, 11) is 0. The topological polar surface area (TPSA) is 78.4 Å². The molecule has 0 fully saturated rings. The highest BCUT2D eigenvalue weighted by Crippen LogP contribution is 2.25. The summed E-state index contributed by atoms with van der Waals surface area (Å²) in [6, 6.07) is 12.7. The van der Waals surface area contributed by atoms with E-state index in [2.05, 4.69) is 10.6 Å². The number of aryl methyl sites for hydroxylation is 2. The zero-order valence-electron chi connectivity index (χ0n) is 14.8. The van der Waals surface area contributed by atoms with E-state index < -0.39 is 6.10 Å². The highest BCUT2D eigenvalue weighted by Gasteiger charge is 2.17. The van der Waals surface area contributed by atoms with Crippen molar-refractivity contribution in [1.82, 2.24) is 5.32 Å². The van der Waals surface area contributed by atoms with Crippen LogP contribution >= 0.6 is 0 Å². The first-order valence-electron chi connectivity index (χ1n) is 8.28. The van der Waals surface area contributed by atoms with Gasteiger partial charge in [0.25, 0.3) is 0 Å². The van der Waals surface area contributed by atoms with Gasteiger partial charge in [-0.25, -0.2) is 0 Å². The Labute approximate surface area is 148 Å². The Morgan fingerprint density at radius 2 is 1.80 bits per heavy atom. The van der Waals surface area contributed by atoms with Crippen LogP contribution in [0.1, 0.15) is 34.0 Å². The van der Waals surface area contributed by atoms with Gasteiger partial charge in [0.1, 0.15) is 0 Å². The highest BCUT2D eigenvalue weighted by atomic mass is 16.3. The number of aliphatic hydroxyl groups is 1. The molecule has 0 saturated carbocycles. The van der Waals surface area contributed by atoms with Gasteiger partial charge >= 0.3 is 0 Å². The molecule has 2 aromatic carbocycles. The van der Waals surface area contributed by atoms with Crippen molar-refractivity contribution in [2.24, 2.45) is 0 Å². The van der Waals surface area contributed by atoms with Gasteiger partial charge in [0.05, 0.1) is 18.3 Å². The molecule has 132 valence electrons. The third kappa shape index (κ3) is 5.24. The molecule has 0 aromatic heterocycles. The summed E-state index contributed by atoms with van der Waals surface area (Å²) in [4.78, 5) is 25.0. The van der Waals surface area contributed by atoms with Crippen molar-refractivity contribution in [2.45, 2.75) is 26.9 Å². The maximum absolute atomic E-state index is 12.9. The van der Waals surface area contributed by atoms with Crippen LogP contribution in [0.2, 0.25) is 0 Å². The van der Waals surface area contributed by atoms with Crippen molar-refractivity contribution in [3.63, 3.8) is 0 Å². The van der Waals surface area contributed by atoms with Crippen molar-refractivity contribution in [3.8, 4) is 0 Å². The number of hydrogen-bond acceptors (Lipinski definition) is 4. The number of hydrogen-bond donors (Lipinski definition) is 3. The summed E-state index contributed by atoms with van der Waals surface area (Å²) in [5, 5.41) is 14.9. The van der Waals surface area contributed by atoms with E-state index in [9.17, 15) is 14.7 Å². The van der Waals surface area contributed by atoms with E-state index in [0.717, 1.165) is 11.1 Å². The third-order valence-electron chi connectivity index (χ3n) is 3.75. The van der Waals surface area contributed by atoms with Crippen molar-refractivity contribution in [3.05, 3.63) is 64.7 Å². The lowest BCUT2D eigenvalue weighted by Gasteiger charge is -2.15. The lowest BCUT2D eigenvalue weighted by molar-refractivity contribution is -0.115. The zero-order valence-corrected chi connectivity index (χ0v) is 14.8. The fraction of sp³-hybridized carbons (Fsp3) is 0.300. The van der Waals surface area contributed by atoms with Crippen LogP contribution in [-0.4, -0.2) is 36.0 Å². The Bertz CT molecular complexity index is 755. The van der Waals surface area contributed by atoms with Gasteiger partial charge in [-0.2, -0.15) is 0 Å². The summed E-state index contributed by atoms with van der Waals surface area (Å²) in [5.41, 5.74) is 3.39. The molecule has 25 heavy (non-hydrogen) atoms. The Morgan fingerprint density at radius 3 is 2.44 bits per heavy atom. The molecule has 1 amide bonds. The third-order valence-corrected chi connectivity index (χ3v) is 3.75. The summed E-state index contributed by atoms with van der Waals surface area (Å²) < 4.78 is 0. The first-order valence-corrected chi connectivity index (χ1v) is 8.28. The lowest BCUT2D eigenvalue weighted by Crippen LogP contribution is -2.33. The second-order valence-corrected chi connectivity index (χ2v) is 6.23. The van der Waals surface area contributed by atoms with E-state index in [-0.39, 0.29) is 18.2 Å². The number of rotatable bonds is 7. The molecule has 0 saturated heterocycles. The van der Waals surface area contributed by atoms with Crippen molar-refractivity contribution < 1.29 is 14.7 Å². The van der Waals surface area contributed by atoms with E-state index in [1.807, 2.05) is 38.1 Å². The fourth-order valence-corrected chi connectivity index (χ4v) is 2.64. The van der Waals surface area contributed by atoms with Crippen LogP contribution in [0.5, 0.6) is 0 Å². The smallest absolute Gasteiger partial charge is 0.238 e. The van der Waals surface area contributed by atoms with Gasteiger partial charge in [0.15, 0.2) is 5.78 Å². The first-order chi connectivity index (χ1) is 11.9. The average Bonchev–Trinajstić information content (AvgIpc) is 2.57. The quantitative estimate of drug-likeness (QED) is 0.677. The van der Waals surface area contributed by atoms with Gasteiger partial charge in [-0.1, -0.05) is 36.4 Å². The Kier molecular flexibility index (Phi) is 6.44. The zero-order chi connectivity index (χ0) is 18.4. The Balaban J connectivity index is 2.25. The van der Waals surface area contributed by atoms with Gasteiger partial charge in [-0.05, 0) is 38.0 Å². The van der Waals surface area contributed by atoms with Crippen LogP contribution in [0.4, 0.5) is 5.69 Å². The van der Waals surface area contributed by atoms with E-state index in [4.69, 9.17) is 0 Å². The molecule has 0 aliphatic rings. The largest absolute Gasteiger partial charge is 0.392 e. The Morgan fingerprint density at radius 1 is 1.12 bits per heavy atom. The number of amides is 1. The van der Waals surface area contributed by atoms with Crippen LogP contribution in [0, 0.1) is 13.8 Å². The number of ketones is 1. The van der Waals surface area contributed by atoms with Crippen molar-refractivity contribution in [2.75, 3.05) is 18.4 Å². The second-order valence-electron chi connectivity index (χ2n) is 6.23. The minimum atomic E-state index is -0.524. The van der Waals surface area contributed by atoms with Crippen LogP contribution in [0.15, 0.2) is 42.5 Å². The number of benzene rings is 2. The lowest BCUT2D eigenvalue weighted by atomic mass is 9.97. The molecule has 0 radical (unpaired) electrons. The molecule has 0 spiro atoms. The molecule has 5 nitrogen and oxygen atoms in total. The van der Waals surface area contributed by atoms with E-state index in [1.165, 1.54) is 0 Å². The molecule has 0 heterocycles. The summed E-state index contributed by atoms with van der Waals surface area (Å²) >= 11 is 0. The average molecular weight is 340 g/mol. The summed E-state index contributed by atoms with van der Waals surface area (Å²) in [6.45, 7) is 5.83. The number of carbonyl (C=O) groups is 2. The number of anilines is 1. The van der Waals surface area contributed by atoms with Gasteiger partial charge in [-0.3, -0.25) is 9.59 Å². The number of carbonyl (C=O) groups excluding carboxylic acids is 2. The van der Waals surface area contributed by atoms with Gasteiger partial charge in [-0.15, -0.1) is 0 Å². The Hall–Kier alpha value is -2.50. The maximum Gasteiger partial charge on any atom is 0.238 e. The van der Waals surface area contributed by atoms with Crippen LogP contribution < -0.4 is 10.6 Å². The van der Waals surface area contributed by atoms with Crippen LogP contribution in [0.3, 0.4) is 0 Å². The number of aliphatic hydroxyl groups excluding tert-OH is 1. The molecule has 5 heteroatoms. The normalized spacial score (nSPS) is 11.8. The van der Waals surface area contributed by atoms with Crippen molar-refractivity contribution in [1.29, 1.82) is 0 Å². The molecule has 3 N–H and O–H groups in total. The van der Waals surface area contributed by atoms with E-state index >= 15 is 0 Å². The number of nitrogens with one attached hydrogen (secondary N) is 2. The molecular formula is C20H24N2O3. The monoisotopic (exact) mass is 340 g/mol. The van der Waals surface area contributed by atoms with Crippen molar-refractivity contribution >= 4 is 17.4 Å². The molecule has 0 aliphatic carbocycles. The molecule has 0 aliphatic heterocycles. The SMILES string of the molecule is Cc1cc(C)c(NC(=O)CNCC(C)O)c(C(=O)c2ccccc2)c1. The molecule has 2 aromatic rings. The molecular weight excluding hydrogens is 316 g/mol. The minimum Gasteiger partial charge on any atom is -0.392 e. The van der Waals surface area contributed by atoms with E-state index in [0.29, 0.717) is 23.4 Å². The summed E-state index contributed by atoms with van der Waals surface area (Å²) in [6.07, 6.45) is -0.524. The van der Waals surface area contributed by atoms with Crippen LogP contribution in [0.25, 0.3) is 0 Å². The fourth-order valence-electron chi connectivity index (χ4n) is 2.64. The molecule has 0 bridgehead atoms. The highest BCUT2D eigenvalue weighted by molar-refractivity contribution is 6.14. The minimum absolute atomic E-state index is 0.0667. The van der Waals surface area contributed by atoms with Gasteiger partial charge in [0.2, 0.25) is 5.91 Å². The summed E-state index contributed by atoms with van der Waals surface area (Å²) in [5.74, 6) is -0.380.